The van der Waals surface area contributed by atoms with Gasteiger partial charge in [0.05, 0.1) is 10.0 Å². The maximum Gasteiger partial charge on any atom is 0.152 e. The van der Waals surface area contributed by atoms with E-state index < -0.39 is 0 Å². The van der Waals surface area contributed by atoms with Gasteiger partial charge in [-0.15, -0.1) is 0 Å². The van der Waals surface area contributed by atoms with Gasteiger partial charge in [-0.2, -0.15) is 0 Å². The number of benzene rings is 2. The molecule has 0 heterocycles. The zero-order valence-corrected chi connectivity index (χ0v) is 12.3. The van der Waals surface area contributed by atoms with Crippen molar-refractivity contribution in [1.82, 2.24) is 0 Å². The molecule has 0 aliphatic carbocycles. The Kier molecular flexibility index (Phi) is 4.23. The minimum atomic E-state index is -0.0833. The molecule has 0 aliphatic rings. The highest BCUT2D eigenvalue weighted by Crippen LogP contribution is 2.34. The van der Waals surface area contributed by atoms with E-state index in [9.17, 15) is 5.11 Å². The summed E-state index contributed by atoms with van der Waals surface area (Å²) in [5.41, 5.74) is 4.51. The van der Waals surface area contributed by atoms with Crippen LogP contribution in [0.4, 0.5) is 5.69 Å². The fourth-order valence-electron chi connectivity index (χ4n) is 1.79. The summed E-state index contributed by atoms with van der Waals surface area (Å²) in [5, 5.41) is 13.2. The SMILES string of the molecule is Cc1ccc(CNc2cc(Cl)c(O)c(Cl)c2)cc1C. The third kappa shape index (κ3) is 3.34. The number of rotatable bonds is 3. The highest BCUT2D eigenvalue weighted by atomic mass is 35.5. The summed E-state index contributed by atoms with van der Waals surface area (Å²) < 4.78 is 0. The Morgan fingerprint density at radius 2 is 1.63 bits per heavy atom. The van der Waals surface area contributed by atoms with Gasteiger partial charge in [-0.1, -0.05) is 41.4 Å². The van der Waals surface area contributed by atoms with Crippen LogP contribution in [-0.2, 0) is 6.54 Å². The third-order valence-electron chi connectivity index (χ3n) is 3.08. The van der Waals surface area contributed by atoms with Gasteiger partial charge in [0.15, 0.2) is 5.75 Å². The number of aryl methyl sites for hydroxylation is 2. The molecule has 0 unspecified atom stereocenters. The predicted molar refractivity (Wildman–Crippen MR) is 81.4 cm³/mol. The van der Waals surface area contributed by atoms with E-state index in [1.165, 1.54) is 16.7 Å². The molecule has 0 saturated carbocycles. The van der Waals surface area contributed by atoms with Crippen molar-refractivity contribution in [1.29, 1.82) is 0 Å². The second kappa shape index (κ2) is 5.72. The summed E-state index contributed by atoms with van der Waals surface area (Å²) in [4.78, 5) is 0. The van der Waals surface area contributed by atoms with E-state index in [-0.39, 0.29) is 15.8 Å². The Balaban J connectivity index is 2.12. The predicted octanol–water partition coefficient (Wildman–Crippen LogP) is 4.93. The van der Waals surface area contributed by atoms with Crippen LogP contribution in [0.25, 0.3) is 0 Å². The molecule has 2 rings (SSSR count). The molecule has 0 amide bonds. The number of anilines is 1. The summed E-state index contributed by atoms with van der Waals surface area (Å²) in [6.45, 7) is 4.86. The first-order valence-electron chi connectivity index (χ1n) is 5.95. The molecule has 0 saturated heterocycles. The van der Waals surface area contributed by atoms with Crippen molar-refractivity contribution in [3.05, 3.63) is 57.1 Å². The average Bonchev–Trinajstić information content (AvgIpc) is 2.37. The molecule has 2 nitrogen and oxygen atoms in total. The number of aromatic hydroxyl groups is 1. The molecule has 4 heteroatoms. The Labute approximate surface area is 123 Å². The van der Waals surface area contributed by atoms with Crippen LogP contribution in [-0.4, -0.2) is 5.11 Å². The van der Waals surface area contributed by atoms with Crippen LogP contribution in [0, 0.1) is 13.8 Å². The van der Waals surface area contributed by atoms with Crippen LogP contribution in [0.1, 0.15) is 16.7 Å². The zero-order chi connectivity index (χ0) is 14.0. The molecule has 0 spiro atoms. The molecule has 100 valence electrons. The van der Waals surface area contributed by atoms with Crippen LogP contribution >= 0.6 is 23.2 Å². The lowest BCUT2D eigenvalue weighted by Crippen LogP contribution is -2.00. The summed E-state index contributed by atoms with van der Waals surface area (Å²) >= 11 is 11.7. The molecule has 2 aromatic rings. The van der Waals surface area contributed by atoms with Crippen LogP contribution in [0.15, 0.2) is 30.3 Å². The zero-order valence-electron chi connectivity index (χ0n) is 10.8. The second-order valence-corrected chi connectivity index (χ2v) is 5.38. The quantitative estimate of drug-likeness (QED) is 0.787. The van der Waals surface area contributed by atoms with Gasteiger partial charge in [-0.05, 0) is 42.7 Å². The van der Waals surface area contributed by atoms with Gasteiger partial charge >= 0.3 is 0 Å². The monoisotopic (exact) mass is 295 g/mol. The second-order valence-electron chi connectivity index (χ2n) is 4.56. The molecular weight excluding hydrogens is 281 g/mol. The topological polar surface area (TPSA) is 32.3 Å². The minimum Gasteiger partial charge on any atom is -0.505 e. The van der Waals surface area contributed by atoms with Crippen molar-refractivity contribution < 1.29 is 5.11 Å². The number of phenolic OH excluding ortho intramolecular Hbond substituents is 1. The van der Waals surface area contributed by atoms with E-state index in [2.05, 4.69) is 37.4 Å². The molecule has 0 atom stereocenters. The smallest absolute Gasteiger partial charge is 0.152 e. The number of hydrogen-bond acceptors (Lipinski definition) is 2. The largest absolute Gasteiger partial charge is 0.505 e. The first-order chi connectivity index (χ1) is 8.97. The molecule has 0 radical (unpaired) electrons. The maximum absolute atomic E-state index is 9.49. The number of halogens is 2. The molecule has 0 bridgehead atoms. The molecule has 2 aromatic carbocycles. The van der Waals surface area contributed by atoms with Gasteiger partial charge < -0.3 is 10.4 Å². The average molecular weight is 296 g/mol. The van der Waals surface area contributed by atoms with Crippen molar-refractivity contribution in [3.63, 3.8) is 0 Å². The lowest BCUT2D eigenvalue weighted by molar-refractivity contribution is 0.476. The van der Waals surface area contributed by atoms with Crippen LogP contribution < -0.4 is 5.32 Å². The van der Waals surface area contributed by atoms with Crippen molar-refractivity contribution in [2.75, 3.05) is 5.32 Å². The number of nitrogens with one attached hydrogen (secondary N) is 1. The fraction of sp³-hybridized carbons (Fsp3) is 0.200. The Bertz CT molecular complexity index is 588. The summed E-state index contributed by atoms with van der Waals surface area (Å²) in [7, 11) is 0. The standard InChI is InChI=1S/C15H15Cl2NO/c1-9-3-4-11(5-10(9)2)8-18-12-6-13(16)15(19)14(17)7-12/h3-7,18-19H,8H2,1-2H3. The highest BCUT2D eigenvalue weighted by Gasteiger charge is 2.06. The molecule has 2 N–H and O–H groups in total. The first kappa shape index (κ1) is 14.0. The Hall–Kier alpha value is -1.38. The molecule has 19 heavy (non-hydrogen) atoms. The van der Waals surface area contributed by atoms with E-state index >= 15 is 0 Å². The van der Waals surface area contributed by atoms with E-state index in [4.69, 9.17) is 23.2 Å². The Morgan fingerprint density at radius 3 is 2.21 bits per heavy atom. The lowest BCUT2D eigenvalue weighted by atomic mass is 10.1. The summed E-state index contributed by atoms with van der Waals surface area (Å²) in [6, 6.07) is 9.64. The van der Waals surface area contributed by atoms with Crippen LogP contribution in [0.2, 0.25) is 10.0 Å². The van der Waals surface area contributed by atoms with Gasteiger partial charge in [-0.3, -0.25) is 0 Å². The van der Waals surface area contributed by atoms with E-state index in [0.717, 1.165) is 5.69 Å². The first-order valence-corrected chi connectivity index (χ1v) is 6.71. The van der Waals surface area contributed by atoms with Crippen molar-refractivity contribution in [3.8, 4) is 5.75 Å². The van der Waals surface area contributed by atoms with Gasteiger partial charge in [0.25, 0.3) is 0 Å². The lowest BCUT2D eigenvalue weighted by Gasteiger charge is -2.10. The van der Waals surface area contributed by atoms with Crippen LogP contribution in [0.3, 0.4) is 0 Å². The molecular formula is C15H15Cl2NO. The summed E-state index contributed by atoms with van der Waals surface area (Å²) in [6.07, 6.45) is 0. The van der Waals surface area contributed by atoms with Gasteiger partial charge in [0, 0.05) is 12.2 Å². The van der Waals surface area contributed by atoms with Crippen LogP contribution in [0.5, 0.6) is 5.75 Å². The number of phenols is 1. The Morgan fingerprint density at radius 1 is 1.00 bits per heavy atom. The van der Waals surface area contributed by atoms with E-state index in [1.54, 1.807) is 12.1 Å². The van der Waals surface area contributed by atoms with Gasteiger partial charge in [-0.25, -0.2) is 0 Å². The molecule has 0 aliphatic heterocycles. The normalized spacial score (nSPS) is 10.5. The van der Waals surface area contributed by atoms with Crippen molar-refractivity contribution in [2.24, 2.45) is 0 Å². The van der Waals surface area contributed by atoms with E-state index in [1.807, 2.05) is 0 Å². The summed E-state index contributed by atoms with van der Waals surface area (Å²) in [5.74, 6) is -0.0833. The molecule has 0 aromatic heterocycles. The van der Waals surface area contributed by atoms with Crippen molar-refractivity contribution >= 4 is 28.9 Å². The van der Waals surface area contributed by atoms with E-state index in [0.29, 0.717) is 6.54 Å². The third-order valence-corrected chi connectivity index (χ3v) is 3.66. The minimum absolute atomic E-state index is 0.0833. The maximum atomic E-state index is 9.49. The van der Waals surface area contributed by atoms with Gasteiger partial charge in [0.1, 0.15) is 0 Å². The highest BCUT2D eigenvalue weighted by molar-refractivity contribution is 6.37. The van der Waals surface area contributed by atoms with Gasteiger partial charge in [0.2, 0.25) is 0 Å². The van der Waals surface area contributed by atoms with Crippen molar-refractivity contribution in [2.45, 2.75) is 20.4 Å². The fourth-order valence-corrected chi connectivity index (χ4v) is 2.27. The molecule has 0 fully saturated rings. The number of hydrogen-bond donors (Lipinski definition) is 2.